The predicted octanol–water partition coefficient (Wildman–Crippen LogP) is 0.699. The summed E-state index contributed by atoms with van der Waals surface area (Å²) < 4.78 is 5.57. The van der Waals surface area contributed by atoms with Crippen molar-refractivity contribution >= 4 is 5.91 Å². The Bertz CT molecular complexity index is 330. The topological polar surface area (TPSA) is 44.8 Å². The summed E-state index contributed by atoms with van der Waals surface area (Å²) in [6.45, 7) is 7.21. The van der Waals surface area contributed by atoms with Gasteiger partial charge >= 0.3 is 0 Å². The van der Waals surface area contributed by atoms with Gasteiger partial charge in [-0.15, -0.1) is 0 Å². The molecule has 2 saturated heterocycles. The van der Waals surface area contributed by atoms with Gasteiger partial charge in [0.2, 0.25) is 0 Å². The minimum Gasteiger partial charge on any atom is -0.366 e. The maximum atomic E-state index is 12.4. The second kappa shape index (κ2) is 7.56. The van der Waals surface area contributed by atoms with Crippen LogP contribution in [-0.2, 0) is 9.53 Å². The number of hydrogen-bond acceptors (Lipinski definition) is 4. The van der Waals surface area contributed by atoms with Crippen molar-refractivity contribution in [3.63, 3.8) is 0 Å². The van der Waals surface area contributed by atoms with Gasteiger partial charge in [0.05, 0.1) is 6.61 Å². The molecule has 5 nitrogen and oxygen atoms in total. The van der Waals surface area contributed by atoms with Gasteiger partial charge in [0.1, 0.15) is 6.10 Å². The number of rotatable bonds is 3. The smallest absolute Gasteiger partial charge is 0.253 e. The van der Waals surface area contributed by atoms with E-state index in [9.17, 15) is 4.79 Å². The van der Waals surface area contributed by atoms with Gasteiger partial charge < -0.3 is 15.0 Å². The van der Waals surface area contributed by atoms with Crippen molar-refractivity contribution in [3.8, 4) is 0 Å². The zero-order valence-corrected chi connectivity index (χ0v) is 13.1. The molecule has 1 aliphatic carbocycles. The molecule has 0 spiro atoms. The van der Waals surface area contributed by atoms with Crippen LogP contribution in [0.5, 0.6) is 0 Å². The van der Waals surface area contributed by atoms with E-state index in [0.29, 0.717) is 13.2 Å². The van der Waals surface area contributed by atoms with E-state index in [2.05, 4.69) is 10.2 Å². The molecule has 1 unspecified atom stereocenters. The van der Waals surface area contributed by atoms with E-state index >= 15 is 0 Å². The lowest BCUT2D eigenvalue weighted by atomic mass is 9.89. The fourth-order valence-electron chi connectivity index (χ4n) is 3.81. The van der Waals surface area contributed by atoms with Crippen molar-refractivity contribution in [1.29, 1.82) is 0 Å². The Hall–Kier alpha value is -0.650. The van der Waals surface area contributed by atoms with Crippen molar-refractivity contribution < 1.29 is 9.53 Å². The predicted molar refractivity (Wildman–Crippen MR) is 82.2 cm³/mol. The molecule has 21 heavy (non-hydrogen) atoms. The Labute approximate surface area is 128 Å². The first-order chi connectivity index (χ1) is 10.3. The zero-order chi connectivity index (χ0) is 14.5. The summed E-state index contributed by atoms with van der Waals surface area (Å²) >= 11 is 0. The molecule has 3 fully saturated rings. The minimum atomic E-state index is -0.261. The molecule has 2 aliphatic heterocycles. The van der Waals surface area contributed by atoms with Gasteiger partial charge in [0.25, 0.3) is 5.91 Å². The van der Waals surface area contributed by atoms with Crippen LogP contribution in [0.4, 0.5) is 0 Å². The molecule has 3 rings (SSSR count). The summed E-state index contributed by atoms with van der Waals surface area (Å²) in [5.74, 6) is 1.08. The third-order valence-electron chi connectivity index (χ3n) is 5.13. The minimum absolute atomic E-state index is 0.180. The first kappa shape index (κ1) is 15.3. The van der Waals surface area contributed by atoms with E-state index < -0.39 is 0 Å². The van der Waals surface area contributed by atoms with Gasteiger partial charge in [-0.1, -0.05) is 19.3 Å². The van der Waals surface area contributed by atoms with Crippen molar-refractivity contribution in [1.82, 2.24) is 15.1 Å². The normalized spacial score (nSPS) is 29.5. The van der Waals surface area contributed by atoms with Gasteiger partial charge in [-0.2, -0.15) is 0 Å². The number of hydrogen-bond donors (Lipinski definition) is 1. The standard InChI is InChI=1S/C16H29N3O2/c20-16(15-12-17-6-11-21-15)19-9-7-18(8-10-19)13-14-4-2-1-3-5-14/h14-15,17H,1-13H2. The highest BCUT2D eigenvalue weighted by molar-refractivity contribution is 5.81. The number of nitrogens with one attached hydrogen (secondary N) is 1. The van der Waals surface area contributed by atoms with E-state index in [0.717, 1.165) is 38.6 Å². The Morgan fingerprint density at radius 1 is 1.10 bits per heavy atom. The molecular formula is C16H29N3O2. The van der Waals surface area contributed by atoms with E-state index in [1.807, 2.05) is 4.90 Å². The number of amides is 1. The second-order valence-electron chi connectivity index (χ2n) is 6.69. The third kappa shape index (κ3) is 4.18. The lowest BCUT2D eigenvalue weighted by Gasteiger charge is -2.38. The maximum absolute atomic E-state index is 12.4. The second-order valence-corrected chi connectivity index (χ2v) is 6.69. The molecule has 3 aliphatic rings. The Morgan fingerprint density at radius 2 is 1.86 bits per heavy atom. The molecule has 5 heteroatoms. The summed E-state index contributed by atoms with van der Waals surface area (Å²) in [4.78, 5) is 16.9. The number of carbonyl (C=O) groups excluding carboxylic acids is 1. The van der Waals surface area contributed by atoms with Crippen molar-refractivity contribution in [2.45, 2.75) is 38.2 Å². The average molecular weight is 295 g/mol. The summed E-state index contributed by atoms with van der Waals surface area (Å²) in [6, 6.07) is 0. The van der Waals surface area contributed by atoms with Gasteiger partial charge in [-0.25, -0.2) is 0 Å². The average Bonchev–Trinajstić information content (AvgIpc) is 2.57. The highest BCUT2D eigenvalue weighted by Crippen LogP contribution is 2.24. The molecule has 0 radical (unpaired) electrons. The fraction of sp³-hybridized carbons (Fsp3) is 0.938. The van der Waals surface area contributed by atoms with E-state index in [1.54, 1.807) is 0 Å². The van der Waals surface area contributed by atoms with Gasteiger partial charge in [0.15, 0.2) is 0 Å². The van der Waals surface area contributed by atoms with Crippen LogP contribution in [0, 0.1) is 5.92 Å². The van der Waals surface area contributed by atoms with Gasteiger partial charge in [-0.05, 0) is 18.8 Å². The SMILES string of the molecule is O=C(C1CNCCO1)N1CCN(CC2CCCCC2)CC1. The van der Waals surface area contributed by atoms with Crippen LogP contribution in [0.3, 0.4) is 0 Å². The molecule has 0 aromatic rings. The number of morpholine rings is 1. The van der Waals surface area contributed by atoms with Gasteiger partial charge in [0, 0.05) is 45.8 Å². The molecule has 0 aromatic heterocycles. The van der Waals surface area contributed by atoms with Crippen LogP contribution in [0.25, 0.3) is 0 Å². The summed E-state index contributed by atoms with van der Waals surface area (Å²) in [5, 5.41) is 3.23. The maximum Gasteiger partial charge on any atom is 0.253 e. The van der Waals surface area contributed by atoms with Crippen LogP contribution < -0.4 is 5.32 Å². The molecule has 1 atom stereocenters. The van der Waals surface area contributed by atoms with Crippen molar-refractivity contribution in [2.75, 3.05) is 52.4 Å². The number of carbonyl (C=O) groups is 1. The molecule has 1 amide bonds. The molecule has 2 heterocycles. The zero-order valence-electron chi connectivity index (χ0n) is 13.1. The van der Waals surface area contributed by atoms with Crippen LogP contribution in [-0.4, -0.2) is 74.2 Å². The Balaban J connectivity index is 1.40. The van der Waals surface area contributed by atoms with Crippen molar-refractivity contribution in [3.05, 3.63) is 0 Å². The Kier molecular flexibility index (Phi) is 5.49. The molecule has 1 N–H and O–H groups in total. The first-order valence-electron chi connectivity index (χ1n) is 8.66. The fourth-order valence-corrected chi connectivity index (χ4v) is 3.81. The summed E-state index contributed by atoms with van der Waals surface area (Å²) in [5.41, 5.74) is 0. The molecule has 120 valence electrons. The first-order valence-corrected chi connectivity index (χ1v) is 8.66. The molecule has 0 aromatic carbocycles. The van der Waals surface area contributed by atoms with Gasteiger partial charge in [-0.3, -0.25) is 9.69 Å². The largest absolute Gasteiger partial charge is 0.366 e. The van der Waals surface area contributed by atoms with Crippen LogP contribution in [0.2, 0.25) is 0 Å². The molecule has 1 saturated carbocycles. The molecular weight excluding hydrogens is 266 g/mol. The van der Waals surface area contributed by atoms with E-state index in [1.165, 1.54) is 38.6 Å². The van der Waals surface area contributed by atoms with Crippen LogP contribution in [0.1, 0.15) is 32.1 Å². The summed E-state index contributed by atoms with van der Waals surface area (Å²) in [7, 11) is 0. The lowest BCUT2D eigenvalue weighted by molar-refractivity contribution is -0.147. The number of nitrogens with zero attached hydrogens (tertiary/aromatic N) is 2. The highest BCUT2D eigenvalue weighted by atomic mass is 16.5. The number of piperazine rings is 1. The van der Waals surface area contributed by atoms with E-state index in [-0.39, 0.29) is 12.0 Å². The Morgan fingerprint density at radius 3 is 2.52 bits per heavy atom. The summed E-state index contributed by atoms with van der Waals surface area (Å²) in [6.07, 6.45) is 6.79. The molecule has 0 bridgehead atoms. The van der Waals surface area contributed by atoms with Crippen LogP contribution >= 0.6 is 0 Å². The quantitative estimate of drug-likeness (QED) is 0.832. The van der Waals surface area contributed by atoms with E-state index in [4.69, 9.17) is 4.74 Å². The van der Waals surface area contributed by atoms with Crippen molar-refractivity contribution in [2.24, 2.45) is 5.92 Å². The monoisotopic (exact) mass is 295 g/mol. The lowest BCUT2D eigenvalue weighted by Crippen LogP contribution is -2.55. The van der Waals surface area contributed by atoms with Crippen LogP contribution in [0.15, 0.2) is 0 Å². The third-order valence-corrected chi connectivity index (χ3v) is 5.13. The highest BCUT2D eigenvalue weighted by Gasteiger charge is 2.29. The number of ether oxygens (including phenoxy) is 1.